The maximum atomic E-state index is 4.96. The molecule has 0 spiro atoms. The Morgan fingerprint density at radius 1 is 0.429 bits per heavy atom. The Morgan fingerprint density at radius 2 is 1.00 bits per heavy atom. The lowest BCUT2D eigenvalue weighted by atomic mass is 9.98. The minimum atomic E-state index is 0.659. The Balaban J connectivity index is 1.25. The predicted octanol–water partition coefficient (Wildman–Crippen LogP) is 9.75. The number of rotatable bonds is 4. The van der Waals surface area contributed by atoms with E-state index in [9.17, 15) is 0 Å². The van der Waals surface area contributed by atoms with Crippen molar-refractivity contribution in [3.8, 4) is 45.3 Å². The SMILES string of the molecule is c1ccc(-c2nc(-c3ccccc3)nc(-c3cccc(-c4cc5c6ccccc6n6c7sccc7c(c4)c56)c3)n2)cc1. The van der Waals surface area contributed by atoms with Crippen LogP contribution in [0, 0.1) is 0 Å². The Kier molecular flexibility index (Phi) is 5.03. The van der Waals surface area contributed by atoms with Crippen LogP contribution in [0.15, 0.2) is 133 Å². The lowest BCUT2D eigenvalue weighted by molar-refractivity contribution is 1.07. The summed E-state index contributed by atoms with van der Waals surface area (Å²) in [7, 11) is 0. The number of hydrogen-bond donors (Lipinski definition) is 0. The summed E-state index contributed by atoms with van der Waals surface area (Å²) in [5, 5.41) is 7.35. The highest BCUT2D eigenvalue weighted by molar-refractivity contribution is 7.17. The first-order valence-corrected chi connectivity index (χ1v) is 14.8. The third-order valence-electron chi connectivity index (χ3n) is 8.06. The van der Waals surface area contributed by atoms with Crippen LogP contribution in [-0.4, -0.2) is 19.4 Å². The molecule has 0 bridgehead atoms. The fourth-order valence-electron chi connectivity index (χ4n) is 6.14. The molecule has 0 unspecified atom stereocenters. The molecule has 0 amide bonds. The lowest BCUT2D eigenvalue weighted by Gasteiger charge is -2.10. The zero-order valence-corrected chi connectivity index (χ0v) is 23.2. The molecule has 5 heteroatoms. The Morgan fingerprint density at radius 3 is 1.71 bits per heavy atom. The second-order valence-electron chi connectivity index (χ2n) is 10.5. The second-order valence-corrected chi connectivity index (χ2v) is 11.4. The van der Waals surface area contributed by atoms with E-state index in [4.69, 9.17) is 15.0 Å². The van der Waals surface area contributed by atoms with Crippen molar-refractivity contribution in [2.24, 2.45) is 0 Å². The van der Waals surface area contributed by atoms with Crippen LogP contribution < -0.4 is 0 Å². The van der Waals surface area contributed by atoms with Gasteiger partial charge in [0.2, 0.25) is 0 Å². The molecule has 42 heavy (non-hydrogen) atoms. The van der Waals surface area contributed by atoms with Gasteiger partial charge >= 0.3 is 0 Å². The molecule has 4 nitrogen and oxygen atoms in total. The van der Waals surface area contributed by atoms with Crippen molar-refractivity contribution in [3.63, 3.8) is 0 Å². The number of aromatic nitrogens is 4. The summed E-state index contributed by atoms with van der Waals surface area (Å²) in [5.41, 5.74) is 7.76. The van der Waals surface area contributed by atoms with Crippen LogP contribution in [0.25, 0.3) is 82.7 Å². The van der Waals surface area contributed by atoms with Gasteiger partial charge in [0, 0.05) is 38.2 Å². The molecule has 4 heterocycles. The van der Waals surface area contributed by atoms with E-state index in [0.717, 1.165) is 22.3 Å². The van der Waals surface area contributed by atoms with Gasteiger partial charge in [0.15, 0.2) is 17.5 Å². The average Bonchev–Trinajstić information content (AvgIpc) is 3.76. The van der Waals surface area contributed by atoms with Gasteiger partial charge in [-0.3, -0.25) is 4.40 Å². The summed E-state index contributed by atoms with van der Waals surface area (Å²) in [4.78, 5) is 16.1. The van der Waals surface area contributed by atoms with Gasteiger partial charge in [0.05, 0.1) is 11.0 Å². The van der Waals surface area contributed by atoms with Crippen molar-refractivity contribution >= 4 is 48.7 Å². The van der Waals surface area contributed by atoms with Crippen molar-refractivity contribution in [2.75, 3.05) is 0 Å². The van der Waals surface area contributed by atoms with E-state index in [1.807, 2.05) is 60.7 Å². The number of hydrogen-bond acceptors (Lipinski definition) is 4. The van der Waals surface area contributed by atoms with Gasteiger partial charge in [-0.15, -0.1) is 11.3 Å². The minimum absolute atomic E-state index is 0.659. The molecular formula is C37H22N4S. The third-order valence-corrected chi connectivity index (χ3v) is 8.96. The van der Waals surface area contributed by atoms with Gasteiger partial charge in [0.1, 0.15) is 4.83 Å². The molecule has 0 aliphatic rings. The summed E-state index contributed by atoms with van der Waals surface area (Å²) < 4.78 is 2.43. The van der Waals surface area contributed by atoms with Gasteiger partial charge in [-0.25, -0.2) is 15.0 Å². The molecule has 0 aliphatic heterocycles. The standard InChI is InChI=1S/C37H22N4S/c1-3-10-23(11-4-1)34-38-35(24-12-5-2-6-13-24)40-36(39-34)26-15-9-14-25(20-26)27-21-30-28-16-7-8-17-32(28)41-33(30)31(22-27)29-18-19-42-37(29)41/h1-22H. The summed E-state index contributed by atoms with van der Waals surface area (Å²) in [6.07, 6.45) is 0. The van der Waals surface area contributed by atoms with Gasteiger partial charge in [0.25, 0.3) is 0 Å². The number of nitrogens with zero attached hydrogens (tertiary/aromatic N) is 4. The topological polar surface area (TPSA) is 43.1 Å². The van der Waals surface area contributed by atoms with Crippen molar-refractivity contribution in [3.05, 3.63) is 133 Å². The van der Waals surface area contributed by atoms with Crippen LogP contribution in [0.4, 0.5) is 0 Å². The van der Waals surface area contributed by atoms with Crippen LogP contribution in [0.1, 0.15) is 0 Å². The first kappa shape index (κ1) is 23.3. The van der Waals surface area contributed by atoms with E-state index in [1.54, 1.807) is 11.3 Å². The van der Waals surface area contributed by atoms with Crippen molar-refractivity contribution in [1.82, 2.24) is 19.4 Å². The number of benzene rings is 5. The maximum Gasteiger partial charge on any atom is 0.164 e. The molecular weight excluding hydrogens is 533 g/mol. The van der Waals surface area contributed by atoms with Crippen molar-refractivity contribution < 1.29 is 0 Å². The Labute approximate surface area is 245 Å². The van der Waals surface area contributed by atoms with Crippen molar-refractivity contribution in [2.45, 2.75) is 0 Å². The molecule has 0 saturated heterocycles. The van der Waals surface area contributed by atoms with Crippen LogP contribution in [-0.2, 0) is 0 Å². The minimum Gasteiger partial charge on any atom is -0.300 e. The molecule has 0 saturated carbocycles. The highest BCUT2D eigenvalue weighted by Crippen LogP contribution is 2.43. The van der Waals surface area contributed by atoms with Crippen LogP contribution >= 0.6 is 11.3 Å². The summed E-state index contributed by atoms with van der Waals surface area (Å²) in [6, 6.07) is 44.4. The van der Waals surface area contributed by atoms with Crippen LogP contribution in [0.5, 0.6) is 0 Å². The van der Waals surface area contributed by atoms with E-state index in [1.165, 1.54) is 43.0 Å². The Hall–Kier alpha value is -5.39. The van der Waals surface area contributed by atoms with Crippen LogP contribution in [0.2, 0.25) is 0 Å². The summed E-state index contributed by atoms with van der Waals surface area (Å²) >= 11 is 1.80. The molecule has 5 aromatic carbocycles. The molecule has 0 N–H and O–H groups in total. The molecule has 0 aliphatic carbocycles. The second kappa shape index (κ2) is 9.06. The summed E-state index contributed by atoms with van der Waals surface area (Å²) in [5.74, 6) is 1.99. The molecule has 4 aromatic heterocycles. The third kappa shape index (κ3) is 3.51. The largest absolute Gasteiger partial charge is 0.300 e. The molecule has 0 atom stereocenters. The fourth-order valence-corrected chi connectivity index (χ4v) is 7.07. The molecule has 0 radical (unpaired) electrons. The highest BCUT2D eigenvalue weighted by Gasteiger charge is 2.20. The fraction of sp³-hybridized carbons (Fsp3) is 0. The number of thiophene rings is 1. The first-order valence-electron chi connectivity index (χ1n) is 13.9. The Bertz CT molecular complexity index is 2350. The van der Waals surface area contributed by atoms with E-state index in [2.05, 4.69) is 76.5 Å². The smallest absolute Gasteiger partial charge is 0.164 e. The normalized spacial score (nSPS) is 11.8. The quantitative estimate of drug-likeness (QED) is 0.217. The lowest BCUT2D eigenvalue weighted by Crippen LogP contribution is -2.00. The van der Waals surface area contributed by atoms with E-state index in [-0.39, 0.29) is 0 Å². The zero-order valence-electron chi connectivity index (χ0n) is 22.4. The monoisotopic (exact) mass is 554 g/mol. The van der Waals surface area contributed by atoms with Gasteiger partial charge in [-0.05, 0) is 46.8 Å². The highest BCUT2D eigenvalue weighted by atomic mass is 32.1. The molecule has 196 valence electrons. The van der Waals surface area contributed by atoms with Gasteiger partial charge in [-0.1, -0.05) is 97.1 Å². The molecule has 9 rings (SSSR count). The van der Waals surface area contributed by atoms with Crippen molar-refractivity contribution in [1.29, 1.82) is 0 Å². The number of fused-ring (bicyclic) bond motifs is 6. The maximum absolute atomic E-state index is 4.96. The van der Waals surface area contributed by atoms with Gasteiger partial charge in [-0.2, -0.15) is 0 Å². The molecule has 0 fully saturated rings. The van der Waals surface area contributed by atoms with E-state index >= 15 is 0 Å². The first-order chi connectivity index (χ1) is 20.8. The van der Waals surface area contributed by atoms with Gasteiger partial charge < -0.3 is 0 Å². The van der Waals surface area contributed by atoms with E-state index < -0.39 is 0 Å². The zero-order chi connectivity index (χ0) is 27.6. The predicted molar refractivity (Wildman–Crippen MR) is 174 cm³/mol. The summed E-state index contributed by atoms with van der Waals surface area (Å²) in [6.45, 7) is 0. The average molecular weight is 555 g/mol. The van der Waals surface area contributed by atoms with Crippen LogP contribution in [0.3, 0.4) is 0 Å². The van der Waals surface area contributed by atoms with E-state index in [0.29, 0.717) is 17.5 Å². The number of para-hydroxylation sites is 1. The molecule has 9 aromatic rings.